The number of carbonyl (C=O) groups is 2. The van der Waals surface area contributed by atoms with E-state index in [9.17, 15) is 18.4 Å². The average Bonchev–Trinajstić information content (AvgIpc) is 2.90. The van der Waals surface area contributed by atoms with Gasteiger partial charge in [-0.25, -0.2) is 18.4 Å². The van der Waals surface area contributed by atoms with Crippen LogP contribution in [0.25, 0.3) is 0 Å². The lowest BCUT2D eigenvalue weighted by Crippen LogP contribution is -2.44. The summed E-state index contributed by atoms with van der Waals surface area (Å²) >= 11 is 0. The molecule has 0 unspecified atom stereocenters. The molecule has 0 bridgehead atoms. The molecule has 0 amide bonds. The lowest BCUT2D eigenvalue weighted by molar-refractivity contribution is -0.100. The third-order valence-electron chi connectivity index (χ3n) is 4.05. The fourth-order valence-corrected chi connectivity index (χ4v) is 2.61. The fraction of sp³-hybridized carbons (Fsp3) is 0.263. The summed E-state index contributed by atoms with van der Waals surface area (Å²) in [5, 5.41) is 0. The van der Waals surface area contributed by atoms with Gasteiger partial charge in [0.2, 0.25) is 0 Å². The first-order valence-corrected chi connectivity index (χ1v) is 8.16. The maximum absolute atomic E-state index is 14.3. The first-order chi connectivity index (χ1) is 12.9. The Kier molecular flexibility index (Phi) is 5.55. The molecular formula is C19H15BF2O5. The van der Waals surface area contributed by atoms with E-state index in [4.69, 9.17) is 22.1 Å². The molecule has 3 atom stereocenters. The Morgan fingerprint density at radius 2 is 1.48 bits per heavy atom. The molecule has 1 aliphatic heterocycles. The summed E-state index contributed by atoms with van der Waals surface area (Å²) in [6.45, 7) is -0.538. The van der Waals surface area contributed by atoms with E-state index < -0.39 is 42.7 Å². The molecule has 5 nitrogen and oxygen atoms in total. The van der Waals surface area contributed by atoms with Crippen LogP contribution >= 0.6 is 0 Å². The molecule has 1 aliphatic rings. The highest BCUT2D eigenvalue weighted by Gasteiger charge is 2.59. The highest BCUT2D eigenvalue weighted by atomic mass is 19.3. The van der Waals surface area contributed by atoms with Crippen LogP contribution in [0.4, 0.5) is 8.78 Å². The van der Waals surface area contributed by atoms with E-state index in [1.165, 1.54) is 24.3 Å². The maximum Gasteiger partial charge on any atom is 0.338 e. The summed E-state index contributed by atoms with van der Waals surface area (Å²) in [5.41, 5.74) is 0.359. The quantitative estimate of drug-likeness (QED) is 0.597. The maximum atomic E-state index is 14.3. The molecule has 1 saturated heterocycles. The second kappa shape index (κ2) is 7.88. The smallest absolute Gasteiger partial charge is 0.338 e. The van der Waals surface area contributed by atoms with Crippen LogP contribution in [0.15, 0.2) is 60.7 Å². The van der Waals surface area contributed by atoms with Gasteiger partial charge in [0, 0.05) is 0 Å². The number of carbonyl (C=O) groups excluding carboxylic acids is 2. The zero-order chi connectivity index (χ0) is 19.4. The van der Waals surface area contributed by atoms with Crippen molar-refractivity contribution in [2.45, 2.75) is 24.1 Å². The van der Waals surface area contributed by atoms with E-state index in [1.807, 2.05) is 0 Å². The van der Waals surface area contributed by atoms with E-state index in [0.29, 0.717) is 0 Å². The van der Waals surface area contributed by atoms with Gasteiger partial charge in [-0.1, -0.05) is 36.4 Å². The summed E-state index contributed by atoms with van der Waals surface area (Å²) in [6, 6.07) is 13.7. The van der Waals surface area contributed by atoms with Gasteiger partial charge in [-0.3, -0.25) is 0 Å². The van der Waals surface area contributed by atoms with Crippen molar-refractivity contribution in [1.82, 2.24) is 0 Å². The zero-order valence-electron chi connectivity index (χ0n) is 14.1. The van der Waals surface area contributed by atoms with Gasteiger partial charge in [-0.2, -0.15) is 0 Å². The number of ether oxygens (including phenoxy) is 3. The van der Waals surface area contributed by atoms with E-state index in [0.717, 1.165) is 0 Å². The lowest BCUT2D eigenvalue weighted by atomic mass is 9.92. The molecule has 0 aliphatic carbocycles. The highest BCUT2D eigenvalue weighted by Crippen LogP contribution is 2.37. The Labute approximate surface area is 155 Å². The van der Waals surface area contributed by atoms with Crippen molar-refractivity contribution in [1.29, 1.82) is 0 Å². The van der Waals surface area contributed by atoms with Gasteiger partial charge < -0.3 is 14.2 Å². The van der Waals surface area contributed by atoms with Crippen LogP contribution in [0.3, 0.4) is 0 Å². The van der Waals surface area contributed by atoms with Crippen LogP contribution in [0.1, 0.15) is 20.7 Å². The van der Waals surface area contributed by atoms with Crippen molar-refractivity contribution in [3.05, 3.63) is 71.8 Å². The van der Waals surface area contributed by atoms with Crippen LogP contribution in [-0.2, 0) is 14.2 Å². The minimum atomic E-state index is -3.63. The van der Waals surface area contributed by atoms with Gasteiger partial charge in [0.15, 0.2) is 6.10 Å². The van der Waals surface area contributed by atoms with E-state index in [-0.39, 0.29) is 11.1 Å². The van der Waals surface area contributed by atoms with Crippen molar-refractivity contribution in [3.8, 4) is 0 Å². The van der Waals surface area contributed by atoms with Crippen LogP contribution < -0.4 is 0 Å². The average molecular weight is 372 g/mol. The van der Waals surface area contributed by atoms with Gasteiger partial charge in [0.05, 0.1) is 17.1 Å². The summed E-state index contributed by atoms with van der Waals surface area (Å²) in [4.78, 5) is 24.1. The van der Waals surface area contributed by atoms with Crippen molar-refractivity contribution in [2.24, 2.45) is 0 Å². The monoisotopic (exact) mass is 372 g/mol. The molecule has 0 aromatic heterocycles. The largest absolute Gasteiger partial charge is 0.459 e. The number of esters is 2. The number of hydrogen-bond donors (Lipinski definition) is 0. The zero-order valence-corrected chi connectivity index (χ0v) is 14.1. The van der Waals surface area contributed by atoms with Crippen LogP contribution in [-0.4, -0.2) is 50.5 Å². The highest BCUT2D eigenvalue weighted by molar-refractivity contribution is 6.12. The van der Waals surface area contributed by atoms with Crippen molar-refractivity contribution in [2.75, 3.05) is 6.61 Å². The number of hydrogen-bond acceptors (Lipinski definition) is 5. The minimum absolute atomic E-state index is 0.105. The Morgan fingerprint density at radius 1 is 0.963 bits per heavy atom. The van der Waals surface area contributed by atoms with Gasteiger partial charge >= 0.3 is 17.9 Å². The van der Waals surface area contributed by atoms with Gasteiger partial charge in [0.1, 0.15) is 20.6 Å². The summed E-state index contributed by atoms with van der Waals surface area (Å²) in [6.07, 6.45) is -3.38. The number of benzene rings is 2. The number of rotatable bonds is 5. The van der Waals surface area contributed by atoms with E-state index in [1.54, 1.807) is 36.4 Å². The molecular weight excluding hydrogens is 357 g/mol. The SMILES string of the molecule is [B][C@H]1O[C@H](COC(=O)c2ccccc2)[C@@H](OC(=O)c2ccccc2)C1(F)F. The first kappa shape index (κ1) is 19.0. The summed E-state index contributed by atoms with van der Waals surface area (Å²) in [5.74, 6) is -5.29. The van der Waals surface area contributed by atoms with E-state index in [2.05, 4.69) is 0 Å². The van der Waals surface area contributed by atoms with Crippen molar-refractivity contribution < 1.29 is 32.6 Å². The molecule has 3 rings (SSSR count). The summed E-state index contributed by atoms with van der Waals surface area (Å²) < 4.78 is 43.6. The third-order valence-corrected chi connectivity index (χ3v) is 4.05. The van der Waals surface area contributed by atoms with Crippen LogP contribution in [0.5, 0.6) is 0 Å². The number of halogens is 2. The Hall–Kier alpha value is -2.74. The van der Waals surface area contributed by atoms with Crippen LogP contribution in [0.2, 0.25) is 0 Å². The fourth-order valence-electron chi connectivity index (χ4n) is 2.61. The Bertz CT molecular complexity index is 800. The second-order valence-electron chi connectivity index (χ2n) is 5.93. The normalized spacial score (nSPS) is 23.6. The predicted molar refractivity (Wildman–Crippen MR) is 91.7 cm³/mol. The molecule has 2 aromatic carbocycles. The Morgan fingerprint density at radius 3 is 2.04 bits per heavy atom. The molecule has 2 radical (unpaired) electrons. The standard InChI is InChI=1S/C19H15BF2O5/c20-18-19(21,22)15(27-17(24)13-9-5-2-6-10-13)14(26-18)11-25-16(23)12-7-3-1-4-8-12/h1-10,14-15,18H,11H2/t14-,15-,18+/m1/s1. The van der Waals surface area contributed by atoms with Gasteiger partial charge in [0.25, 0.3) is 0 Å². The van der Waals surface area contributed by atoms with Crippen molar-refractivity contribution in [3.63, 3.8) is 0 Å². The molecule has 2 aromatic rings. The topological polar surface area (TPSA) is 61.8 Å². The number of alkyl halides is 2. The minimum Gasteiger partial charge on any atom is -0.459 e. The molecule has 1 fully saturated rings. The molecule has 8 heteroatoms. The molecule has 27 heavy (non-hydrogen) atoms. The first-order valence-electron chi connectivity index (χ1n) is 8.16. The summed E-state index contributed by atoms with van der Waals surface area (Å²) in [7, 11) is 5.32. The third kappa shape index (κ3) is 4.16. The molecule has 0 saturated carbocycles. The molecule has 138 valence electrons. The van der Waals surface area contributed by atoms with Gasteiger partial charge in [-0.05, 0) is 24.3 Å². The van der Waals surface area contributed by atoms with Gasteiger partial charge in [-0.15, -0.1) is 0 Å². The molecule has 0 spiro atoms. The van der Waals surface area contributed by atoms with Crippen molar-refractivity contribution >= 4 is 19.8 Å². The molecule has 1 heterocycles. The molecule has 0 N–H and O–H groups in total. The Balaban J connectivity index is 1.69. The predicted octanol–water partition coefficient (Wildman–Crippen LogP) is 2.60. The second-order valence-corrected chi connectivity index (χ2v) is 5.93. The lowest BCUT2D eigenvalue weighted by Gasteiger charge is -2.23. The van der Waals surface area contributed by atoms with E-state index >= 15 is 0 Å². The van der Waals surface area contributed by atoms with Crippen LogP contribution in [0, 0.1) is 0 Å².